The summed E-state index contributed by atoms with van der Waals surface area (Å²) in [6, 6.07) is 4.64. The highest BCUT2D eigenvalue weighted by atomic mass is 79.9. The zero-order valence-corrected chi connectivity index (χ0v) is 11.2. The van der Waals surface area contributed by atoms with E-state index in [9.17, 15) is 19.8 Å². The number of hydrogen-bond acceptors (Lipinski definition) is 4. The topological polar surface area (TPSA) is 94.8 Å². The van der Waals surface area contributed by atoms with E-state index in [1.807, 2.05) is 0 Å². The molecule has 0 saturated carbocycles. The molecule has 0 heterocycles. The molecular formula is C12H13BrO5. The number of carbonyl (C=O) groups excluding carboxylic acids is 1. The number of aliphatic carboxylic acids is 1. The summed E-state index contributed by atoms with van der Waals surface area (Å²) in [6.07, 6.45) is -1.78. The number of carbonyl (C=O) groups is 2. The van der Waals surface area contributed by atoms with Crippen molar-refractivity contribution in [2.75, 3.05) is 0 Å². The molecule has 2 atom stereocenters. The van der Waals surface area contributed by atoms with Crippen LogP contribution in [0.3, 0.4) is 0 Å². The summed E-state index contributed by atoms with van der Waals surface area (Å²) in [5.74, 6) is -1.65. The molecule has 2 unspecified atom stereocenters. The van der Waals surface area contributed by atoms with Gasteiger partial charge in [0.25, 0.3) is 0 Å². The number of carboxylic acid groups (broad SMARTS) is 1. The monoisotopic (exact) mass is 316 g/mol. The van der Waals surface area contributed by atoms with E-state index >= 15 is 0 Å². The Morgan fingerprint density at radius 1 is 1.39 bits per heavy atom. The van der Waals surface area contributed by atoms with Gasteiger partial charge in [0, 0.05) is 5.56 Å². The highest BCUT2D eigenvalue weighted by Crippen LogP contribution is 2.33. The van der Waals surface area contributed by atoms with Gasteiger partial charge in [-0.2, -0.15) is 0 Å². The van der Waals surface area contributed by atoms with Gasteiger partial charge in [0.2, 0.25) is 0 Å². The molecule has 5 nitrogen and oxygen atoms in total. The van der Waals surface area contributed by atoms with Crippen LogP contribution in [0.2, 0.25) is 0 Å². The normalized spacial score (nSPS) is 14.0. The molecule has 1 aromatic rings. The third-order valence-corrected chi connectivity index (χ3v) is 3.68. The zero-order valence-electron chi connectivity index (χ0n) is 9.63. The standard InChI is InChI=1S/C12H13BrO5/c1-6(15)10(13)8-4-2-3-7(5-14)9(8)11(16)12(17)18/h2-4,10-11,14,16H,5H2,1H3,(H,17,18). The first-order valence-electron chi connectivity index (χ1n) is 5.18. The second-order valence-electron chi connectivity index (χ2n) is 3.79. The molecule has 0 aliphatic rings. The molecule has 0 aliphatic heterocycles. The van der Waals surface area contributed by atoms with E-state index in [4.69, 9.17) is 5.11 Å². The van der Waals surface area contributed by atoms with Gasteiger partial charge in [-0.1, -0.05) is 34.1 Å². The maximum atomic E-state index is 11.4. The Balaban J connectivity index is 3.42. The Morgan fingerprint density at radius 3 is 2.44 bits per heavy atom. The minimum Gasteiger partial charge on any atom is -0.479 e. The summed E-state index contributed by atoms with van der Waals surface area (Å²) >= 11 is 3.15. The van der Waals surface area contributed by atoms with Gasteiger partial charge in [0.15, 0.2) is 6.10 Å². The fourth-order valence-electron chi connectivity index (χ4n) is 1.67. The van der Waals surface area contributed by atoms with Gasteiger partial charge < -0.3 is 15.3 Å². The van der Waals surface area contributed by atoms with Crippen LogP contribution in [0.15, 0.2) is 18.2 Å². The molecule has 0 bridgehead atoms. The van der Waals surface area contributed by atoms with Crippen LogP contribution in [0, 0.1) is 0 Å². The lowest BCUT2D eigenvalue weighted by atomic mass is 9.93. The van der Waals surface area contributed by atoms with E-state index < -0.39 is 23.5 Å². The molecule has 0 aromatic heterocycles. The first-order valence-corrected chi connectivity index (χ1v) is 6.09. The van der Waals surface area contributed by atoms with Crippen molar-refractivity contribution in [2.45, 2.75) is 24.5 Å². The number of benzene rings is 1. The van der Waals surface area contributed by atoms with Crippen LogP contribution in [0.1, 0.15) is 34.5 Å². The van der Waals surface area contributed by atoms with E-state index in [0.717, 1.165) is 0 Å². The number of Topliss-reactive ketones (excluding diaryl/α,β-unsaturated/α-hetero) is 1. The summed E-state index contributed by atoms with van der Waals surface area (Å²) in [5.41, 5.74) is 0.696. The maximum Gasteiger partial charge on any atom is 0.337 e. The number of alkyl halides is 1. The van der Waals surface area contributed by atoms with Crippen LogP contribution in [0.4, 0.5) is 0 Å². The van der Waals surface area contributed by atoms with Gasteiger partial charge in [-0.3, -0.25) is 4.79 Å². The van der Waals surface area contributed by atoms with Gasteiger partial charge in [-0.25, -0.2) is 4.79 Å². The van der Waals surface area contributed by atoms with Crippen LogP contribution >= 0.6 is 15.9 Å². The first kappa shape index (κ1) is 14.8. The van der Waals surface area contributed by atoms with Gasteiger partial charge >= 0.3 is 5.97 Å². The number of aliphatic hydroxyl groups excluding tert-OH is 2. The average Bonchev–Trinajstić information content (AvgIpc) is 2.35. The predicted molar refractivity (Wildman–Crippen MR) is 67.3 cm³/mol. The summed E-state index contributed by atoms with van der Waals surface area (Å²) in [7, 11) is 0. The molecule has 98 valence electrons. The number of halogens is 1. The fraction of sp³-hybridized carbons (Fsp3) is 0.333. The molecule has 1 rings (SSSR count). The number of aliphatic hydroxyl groups is 2. The van der Waals surface area contributed by atoms with Gasteiger partial charge in [0.05, 0.1) is 11.4 Å². The van der Waals surface area contributed by atoms with Crippen molar-refractivity contribution in [2.24, 2.45) is 0 Å². The Bertz CT molecular complexity index is 472. The quantitative estimate of drug-likeness (QED) is 0.712. The van der Waals surface area contributed by atoms with Crippen LogP contribution in [0.5, 0.6) is 0 Å². The Morgan fingerprint density at radius 2 is 2.00 bits per heavy atom. The molecule has 18 heavy (non-hydrogen) atoms. The number of rotatable bonds is 5. The second-order valence-corrected chi connectivity index (χ2v) is 4.71. The minimum atomic E-state index is -1.78. The highest BCUT2D eigenvalue weighted by Gasteiger charge is 2.26. The zero-order chi connectivity index (χ0) is 13.9. The largest absolute Gasteiger partial charge is 0.479 e. The van der Waals surface area contributed by atoms with Crippen molar-refractivity contribution >= 4 is 27.7 Å². The third kappa shape index (κ3) is 2.95. The molecule has 6 heteroatoms. The molecule has 3 N–H and O–H groups in total. The molecule has 1 aromatic carbocycles. The van der Waals surface area contributed by atoms with E-state index in [0.29, 0.717) is 5.56 Å². The molecule has 0 spiro atoms. The van der Waals surface area contributed by atoms with E-state index in [1.165, 1.54) is 13.0 Å². The van der Waals surface area contributed by atoms with Crippen LogP contribution in [-0.4, -0.2) is 27.1 Å². The minimum absolute atomic E-state index is 0.0598. The van der Waals surface area contributed by atoms with Crippen molar-refractivity contribution in [1.29, 1.82) is 0 Å². The summed E-state index contributed by atoms with van der Waals surface area (Å²) in [5, 5.41) is 27.7. The molecular weight excluding hydrogens is 304 g/mol. The van der Waals surface area contributed by atoms with Crippen LogP contribution in [0.25, 0.3) is 0 Å². The van der Waals surface area contributed by atoms with Crippen molar-refractivity contribution in [3.63, 3.8) is 0 Å². The lowest BCUT2D eigenvalue weighted by Gasteiger charge is -2.18. The number of hydrogen-bond donors (Lipinski definition) is 3. The van der Waals surface area contributed by atoms with Crippen molar-refractivity contribution in [3.8, 4) is 0 Å². The fourth-order valence-corrected chi connectivity index (χ4v) is 2.07. The van der Waals surface area contributed by atoms with E-state index in [-0.39, 0.29) is 16.9 Å². The Kier molecular flexibility index (Phi) is 5.01. The molecule has 0 fully saturated rings. The first-order chi connectivity index (χ1) is 8.40. The summed E-state index contributed by atoms with van der Waals surface area (Å²) in [4.78, 5) is 21.5. The molecule has 0 amide bonds. The van der Waals surface area contributed by atoms with Gasteiger partial charge in [-0.05, 0) is 18.1 Å². The van der Waals surface area contributed by atoms with Crippen molar-refractivity contribution < 1.29 is 24.9 Å². The average molecular weight is 317 g/mol. The van der Waals surface area contributed by atoms with Gasteiger partial charge in [0.1, 0.15) is 5.78 Å². The lowest BCUT2D eigenvalue weighted by molar-refractivity contribution is -0.147. The van der Waals surface area contributed by atoms with Gasteiger partial charge in [-0.15, -0.1) is 0 Å². The number of ketones is 1. The second kappa shape index (κ2) is 6.08. The SMILES string of the molecule is CC(=O)C(Br)c1cccc(CO)c1C(O)C(=O)O. The van der Waals surface area contributed by atoms with E-state index in [1.54, 1.807) is 12.1 Å². The third-order valence-electron chi connectivity index (χ3n) is 2.54. The highest BCUT2D eigenvalue weighted by molar-refractivity contribution is 9.09. The maximum absolute atomic E-state index is 11.4. The summed E-state index contributed by atoms with van der Waals surface area (Å²) < 4.78 is 0. The smallest absolute Gasteiger partial charge is 0.337 e. The molecule has 0 radical (unpaired) electrons. The Hall–Kier alpha value is -1.24. The van der Waals surface area contributed by atoms with Crippen LogP contribution in [-0.2, 0) is 16.2 Å². The molecule has 0 aliphatic carbocycles. The lowest BCUT2D eigenvalue weighted by Crippen LogP contribution is -2.17. The summed E-state index contributed by atoms with van der Waals surface area (Å²) in [6.45, 7) is 0.938. The van der Waals surface area contributed by atoms with E-state index in [2.05, 4.69) is 15.9 Å². The predicted octanol–water partition coefficient (Wildman–Crippen LogP) is 1.32. The Labute approximate surface area is 112 Å². The number of carboxylic acids is 1. The van der Waals surface area contributed by atoms with Crippen LogP contribution < -0.4 is 0 Å². The molecule has 0 saturated heterocycles. The van der Waals surface area contributed by atoms with Crippen molar-refractivity contribution in [1.82, 2.24) is 0 Å². The van der Waals surface area contributed by atoms with Crippen molar-refractivity contribution in [3.05, 3.63) is 34.9 Å².